The highest BCUT2D eigenvalue weighted by Crippen LogP contribution is 2.30. The van der Waals surface area contributed by atoms with E-state index in [-0.39, 0.29) is 34.2 Å². The van der Waals surface area contributed by atoms with Crippen molar-refractivity contribution in [1.82, 2.24) is 9.62 Å². The molecule has 2 aromatic carbocycles. The number of nitrogens with zero attached hydrogens (tertiary/aromatic N) is 1. The third-order valence-corrected chi connectivity index (χ3v) is 7.26. The van der Waals surface area contributed by atoms with Crippen molar-refractivity contribution in [2.75, 3.05) is 13.2 Å². The van der Waals surface area contributed by atoms with Gasteiger partial charge in [0.15, 0.2) is 6.61 Å². The maximum absolute atomic E-state index is 13.1. The number of carbonyl (C=O) groups is 1. The van der Waals surface area contributed by atoms with Crippen LogP contribution in [-0.4, -0.2) is 37.8 Å². The van der Waals surface area contributed by atoms with Crippen molar-refractivity contribution >= 4 is 27.5 Å². The summed E-state index contributed by atoms with van der Waals surface area (Å²) in [6.45, 7) is 4.57. The molecule has 2 aromatic rings. The Labute approximate surface area is 183 Å². The van der Waals surface area contributed by atoms with E-state index in [0.717, 1.165) is 18.4 Å². The molecule has 1 N–H and O–H groups in total. The Kier molecular flexibility index (Phi) is 7.39. The molecule has 1 aliphatic heterocycles. The predicted molar refractivity (Wildman–Crippen MR) is 117 cm³/mol. The minimum atomic E-state index is -3.68. The second-order valence-corrected chi connectivity index (χ2v) is 9.84. The summed E-state index contributed by atoms with van der Waals surface area (Å²) in [5, 5.41) is 3.00. The van der Waals surface area contributed by atoms with Crippen molar-refractivity contribution in [2.45, 2.75) is 50.6 Å². The smallest absolute Gasteiger partial charge is 0.258 e. The first kappa shape index (κ1) is 22.6. The number of ether oxygens (including phenoxy) is 1. The van der Waals surface area contributed by atoms with Gasteiger partial charge in [-0.3, -0.25) is 4.79 Å². The van der Waals surface area contributed by atoms with Crippen molar-refractivity contribution in [3.8, 4) is 5.75 Å². The standard InChI is InChI=1S/C22H27ClN2O4S/c1-3-6-16(2)24-22(26)15-29-21-10-9-19(13-20(21)23)30(27,28)25-12-11-17-7-4-5-8-18(17)14-25/h4-5,7-10,13,16H,3,6,11-12,14-15H2,1-2H3,(H,24,26)/t16-/m1/s1. The molecule has 0 radical (unpaired) electrons. The third-order valence-electron chi connectivity index (χ3n) is 5.12. The first-order chi connectivity index (χ1) is 14.3. The molecule has 0 saturated heterocycles. The second-order valence-electron chi connectivity index (χ2n) is 7.50. The van der Waals surface area contributed by atoms with E-state index in [9.17, 15) is 13.2 Å². The van der Waals surface area contributed by atoms with Crippen molar-refractivity contribution in [3.63, 3.8) is 0 Å². The van der Waals surface area contributed by atoms with Gasteiger partial charge in [0, 0.05) is 19.1 Å². The Morgan fingerprint density at radius 2 is 1.97 bits per heavy atom. The van der Waals surface area contributed by atoms with Crippen LogP contribution >= 0.6 is 11.6 Å². The molecule has 162 valence electrons. The van der Waals surface area contributed by atoms with Crippen molar-refractivity contribution < 1.29 is 17.9 Å². The Morgan fingerprint density at radius 3 is 2.67 bits per heavy atom. The van der Waals surface area contributed by atoms with Gasteiger partial charge in [-0.15, -0.1) is 0 Å². The zero-order valence-corrected chi connectivity index (χ0v) is 18.8. The zero-order valence-electron chi connectivity index (χ0n) is 17.2. The molecule has 30 heavy (non-hydrogen) atoms. The van der Waals surface area contributed by atoms with Gasteiger partial charge in [-0.2, -0.15) is 4.31 Å². The van der Waals surface area contributed by atoms with Crippen molar-refractivity contribution in [3.05, 3.63) is 58.6 Å². The van der Waals surface area contributed by atoms with Gasteiger partial charge < -0.3 is 10.1 Å². The van der Waals surface area contributed by atoms with E-state index >= 15 is 0 Å². The third kappa shape index (κ3) is 5.33. The van der Waals surface area contributed by atoms with E-state index in [2.05, 4.69) is 12.2 Å². The Bertz CT molecular complexity index is 1010. The van der Waals surface area contributed by atoms with Crippen LogP contribution in [0.1, 0.15) is 37.8 Å². The largest absolute Gasteiger partial charge is 0.482 e. The molecule has 0 fully saturated rings. The molecule has 1 atom stereocenters. The lowest BCUT2D eigenvalue weighted by molar-refractivity contribution is -0.123. The van der Waals surface area contributed by atoms with Gasteiger partial charge in [-0.25, -0.2) is 8.42 Å². The molecular weight excluding hydrogens is 424 g/mol. The lowest BCUT2D eigenvalue weighted by Crippen LogP contribution is -2.36. The van der Waals surface area contributed by atoms with Crippen LogP contribution in [0.3, 0.4) is 0 Å². The number of fused-ring (bicyclic) bond motifs is 1. The van der Waals surface area contributed by atoms with Crippen molar-refractivity contribution in [2.24, 2.45) is 0 Å². The Balaban J connectivity index is 1.66. The maximum Gasteiger partial charge on any atom is 0.258 e. The van der Waals surface area contributed by atoms with Gasteiger partial charge in [-0.1, -0.05) is 49.2 Å². The van der Waals surface area contributed by atoms with E-state index in [1.807, 2.05) is 31.2 Å². The van der Waals surface area contributed by atoms with Crippen LogP contribution in [0.15, 0.2) is 47.4 Å². The quantitative estimate of drug-likeness (QED) is 0.664. The lowest BCUT2D eigenvalue weighted by atomic mass is 10.0. The zero-order chi connectivity index (χ0) is 21.7. The summed E-state index contributed by atoms with van der Waals surface area (Å²) in [5.41, 5.74) is 2.19. The molecule has 0 saturated carbocycles. The summed E-state index contributed by atoms with van der Waals surface area (Å²) in [6.07, 6.45) is 2.54. The predicted octanol–water partition coefficient (Wildman–Crippen LogP) is 3.77. The van der Waals surface area contributed by atoms with Crippen LogP contribution in [-0.2, 0) is 27.8 Å². The summed E-state index contributed by atoms with van der Waals surface area (Å²) in [7, 11) is -3.68. The van der Waals surface area contributed by atoms with Crippen molar-refractivity contribution in [1.29, 1.82) is 0 Å². The molecule has 8 heteroatoms. The van der Waals surface area contributed by atoms with Gasteiger partial charge in [0.25, 0.3) is 5.91 Å². The van der Waals surface area contributed by atoms with Gasteiger partial charge in [-0.05, 0) is 49.1 Å². The first-order valence-corrected chi connectivity index (χ1v) is 11.9. The van der Waals surface area contributed by atoms with Gasteiger partial charge in [0.2, 0.25) is 10.0 Å². The number of carbonyl (C=O) groups excluding carboxylic acids is 1. The van der Waals surface area contributed by atoms with E-state index in [4.69, 9.17) is 16.3 Å². The molecule has 1 aliphatic rings. The molecule has 0 spiro atoms. The average Bonchev–Trinajstić information content (AvgIpc) is 2.72. The Morgan fingerprint density at radius 1 is 1.23 bits per heavy atom. The van der Waals surface area contributed by atoms with Crippen LogP contribution in [0.5, 0.6) is 5.75 Å². The fourth-order valence-corrected chi connectivity index (χ4v) is 5.29. The van der Waals surface area contributed by atoms with Gasteiger partial charge in [0.05, 0.1) is 9.92 Å². The normalized spacial score (nSPS) is 15.3. The van der Waals surface area contributed by atoms with Gasteiger partial charge >= 0.3 is 0 Å². The molecule has 1 heterocycles. The topological polar surface area (TPSA) is 75.7 Å². The first-order valence-electron chi connectivity index (χ1n) is 10.1. The van der Waals surface area contributed by atoms with E-state index in [1.54, 1.807) is 0 Å². The average molecular weight is 451 g/mol. The summed E-state index contributed by atoms with van der Waals surface area (Å²) in [5.74, 6) is 0.0357. The highest BCUT2D eigenvalue weighted by atomic mass is 35.5. The number of hydrogen-bond acceptors (Lipinski definition) is 4. The SMILES string of the molecule is CCC[C@@H](C)NC(=O)COc1ccc(S(=O)(=O)N2CCc3ccccc3C2)cc1Cl. The molecule has 3 rings (SSSR count). The monoisotopic (exact) mass is 450 g/mol. The fourth-order valence-electron chi connectivity index (χ4n) is 3.55. The van der Waals surface area contributed by atoms with Crippen LogP contribution in [0.25, 0.3) is 0 Å². The van der Waals surface area contributed by atoms with E-state index in [1.165, 1.54) is 28.1 Å². The second kappa shape index (κ2) is 9.81. The van der Waals surface area contributed by atoms with Crippen LogP contribution in [0.4, 0.5) is 0 Å². The van der Waals surface area contributed by atoms with Crippen LogP contribution in [0.2, 0.25) is 5.02 Å². The number of nitrogens with one attached hydrogen (secondary N) is 1. The minimum absolute atomic E-state index is 0.0729. The molecule has 0 aliphatic carbocycles. The minimum Gasteiger partial charge on any atom is -0.482 e. The maximum atomic E-state index is 13.1. The molecule has 6 nitrogen and oxygen atoms in total. The molecule has 1 amide bonds. The molecular formula is C22H27ClN2O4S. The van der Waals surface area contributed by atoms with E-state index < -0.39 is 10.0 Å². The number of sulfonamides is 1. The molecule has 0 bridgehead atoms. The highest BCUT2D eigenvalue weighted by molar-refractivity contribution is 7.89. The summed E-state index contributed by atoms with van der Waals surface area (Å²) < 4.78 is 33.1. The number of amides is 1. The summed E-state index contributed by atoms with van der Waals surface area (Å²) in [6, 6.07) is 12.3. The Hall–Kier alpha value is -2.09. The summed E-state index contributed by atoms with van der Waals surface area (Å²) >= 11 is 6.25. The van der Waals surface area contributed by atoms with Gasteiger partial charge in [0.1, 0.15) is 5.75 Å². The molecule has 0 aromatic heterocycles. The summed E-state index contributed by atoms with van der Waals surface area (Å²) in [4.78, 5) is 12.1. The molecule has 0 unspecified atom stereocenters. The van der Waals surface area contributed by atoms with E-state index in [0.29, 0.717) is 19.5 Å². The number of halogens is 1. The lowest BCUT2D eigenvalue weighted by Gasteiger charge is -2.28. The fraction of sp³-hybridized carbons (Fsp3) is 0.409. The number of rotatable bonds is 8. The number of benzene rings is 2. The van der Waals surface area contributed by atoms with Crippen LogP contribution in [0, 0.1) is 0 Å². The van der Waals surface area contributed by atoms with Crippen LogP contribution < -0.4 is 10.1 Å². The highest BCUT2D eigenvalue weighted by Gasteiger charge is 2.28. The number of hydrogen-bond donors (Lipinski definition) is 1.